The summed E-state index contributed by atoms with van der Waals surface area (Å²) in [6.45, 7) is 3.45. The van der Waals surface area contributed by atoms with Crippen LogP contribution in [0.4, 0.5) is 20.6 Å². The third-order valence-corrected chi connectivity index (χ3v) is 4.92. The molecule has 0 atom stereocenters. The smallest absolute Gasteiger partial charge is 0.321 e. The predicted molar refractivity (Wildman–Crippen MR) is 102 cm³/mol. The number of rotatable bonds is 2. The first-order valence-electron chi connectivity index (χ1n) is 8.76. The second kappa shape index (κ2) is 7.52. The van der Waals surface area contributed by atoms with Gasteiger partial charge < -0.3 is 24.6 Å². The molecule has 0 aromatic heterocycles. The van der Waals surface area contributed by atoms with Gasteiger partial charge in [-0.2, -0.15) is 0 Å². The fraction of sp³-hybridized carbons (Fsp3) is 0.316. The minimum Gasteiger partial charge on any atom is -0.486 e. The summed E-state index contributed by atoms with van der Waals surface area (Å²) < 4.78 is 24.3. The van der Waals surface area contributed by atoms with Gasteiger partial charge in [0.25, 0.3) is 0 Å². The van der Waals surface area contributed by atoms with E-state index in [4.69, 9.17) is 21.1 Å². The Labute approximate surface area is 161 Å². The van der Waals surface area contributed by atoms with E-state index in [0.29, 0.717) is 56.6 Å². The standard InChI is InChI=1S/C19H19ClFN3O3/c20-15-12-14(2-3-16(15)21)23-5-7-24(8-6-23)19(25)22-13-1-4-17-18(11-13)27-10-9-26-17/h1-4,11-12H,5-10H2,(H,22,25). The van der Waals surface area contributed by atoms with Crippen molar-refractivity contribution in [1.82, 2.24) is 4.90 Å². The van der Waals surface area contributed by atoms with Crippen LogP contribution in [0.1, 0.15) is 0 Å². The van der Waals surface area contributed by atoms with E-state index in [0.717, 1.165) is 5.69 Å². The number of piperazine rings is 1. The number of nitrogens with one attached hydrogen (secondary N) is 1. The number of carbonyl (C=O) groups excluding carboxylic acids is 1. The highest BCUT2D eigenvalue weighted by molar-refractivity contribution is 6.31. The van der Waals surface area contributed by atoms with Gasteiger partial charge in [0.1, 0.15) is 19.0 Å². The molecule has 0 radical (unpaired) electrons. The van der Waals surface area contributed by atoms with Crippen LogP contribution in [-0.4, -0.2) is 50.3 Å². The normalized spacial score (nSPS) is 16.2. The van der Waals surface area contributed by atoms with Crippen LogP contribution in [0.3, 0.4) is 0 Å². The number of fused-ring (bicyclic) bond motifs is 1. The molecular formula is C19H19ClFN3O3. The molecule has 1 fully saturated rings. The van der Waals surface area contributed by atoms with Crippen molar-refractivity contribution in [1.29, 1.82) is 0 Å². The van der Waals surface area contributed by atoms with E-state index in [2.05, 4.69) is 10.2 Å². The zero-order chi connectivity index (χ0) is 18.8. The summed E-state index contributed by atoms with van der Waals surface area (Å²) in [5, 5.41) is 3.00. The zero-order valence-electron chi connectivity index (χ0n) is 14.6. The molecule has 0 aliphatic carbocycles. The predicted octanol–water partition coefficient (Wildman–Crippen LogP) is 3.60. The molecule has 2 aliphatic rings. The first-order valence-corrected chi connectivity index (χ1v) is 9.13. The van der Waals surface area contributed by atoms with E-state index in [1.807, 2.05) is 0 Å². The van der Waals surface area contributed by atoms with Crippen molar-refractivity contribution in [2.24, 2.45) is 0 Å². The molecule has 0 unspecified atom stereocenters. The first kappa shape index (κ1) is 17.7. The largest absolute Gasteiger partial charge is 0.486 e. The average molecular weight is 392 g/mol. The van der Waals surface area contributed by atoms with E-state index < -0.39 is 5.82 Å². The molecular weight excluding hydrogens is 373 g/mol. The summed E-state index contributed by atoms with van der Waals surface area (Å²) in [4.78, 5) is 16.4. The van der Waals surface area contributed by atoms with Crippen LogP contribution < -0.4 is 19.7 Å². The summed E-state index contributed by atoms with van der Waals surface area (Å²) >= 11 is 5.86. The molecule has 8 heteroatoms. The summed E-state index contributed by atoms with van der Waals surface area (Å²) in [6, 6.07) is 9.86. The lowest BCUT2D eigenvalue weighted by Crippen LogP contribution is -2.50. The number of amides is 2. The number of carbonyl (C=O) groups is 1. The maximum absolute atomic E-state index is 13.3. The van der Waals surface area contributed by atoms with Gasteiger partial charge in [0, 0.05) is 43.6 Å². The van der Waals surface area contributed by atoms with Gasteiger partial charge in [0.05, 0.1) is 5.02 Å². The Morgan fingerprint density at radius 3 is 2.48 bits per heavy atom. The Morgan fingerprint density at radius 1 is 1.00 bits per heavy atom. The fourth-order valence-electron chi connectivity index (χ4n) is 3.17. The average Bonchev–Trinajstić information content (AvgIpc) is 2.70. The van der Waals surface area contributed by atoms with Crippen molar-refractivity contribution in [3.05, 3.63) is 47.2 Å². The molecule has 6 nitrogen and oxygen atoms in total. The number of anilines is 2. The maximum Gasteiger partial charge on any atom is 0.321 e. The van der Waals surface area contributed by atoms with Crippen LogP contribution in [-0.2, 0) is 0 Å². The lowest BCUT2D eigenvalue weighted by atomic mass is 10.2. The molecule has 1 saturated heterocycles. The molecule has 2 amide bonds. The molecule has 0 spiro atoms. The molecule has 27 heavy (non-hydrogen) atoms. The Hall–Kier alpha value is -2.67. The highest BCUT2D eigenvalue weighted by atomic mass is 35.5. The number of urea groups is 1. The zero-order valence-corrected chi connectivity index (χ0v) is 15.3. The van der Waals surface area contributed by atoms with Crippen LogP contribution in [0.5, 0.6) is 11.5 Å². The highest BCUT2D eigenvalue weighted by Gasteiger charge is 2.22. The van der Waals surface area contributed by atoms with Gasteiger partial charge in [0.2, 0.25) is 0 Å². The monoisotopic (exact) mass is 391 g/mol. The van der Waals surface area contributed by atoms with Crippen molar-refractivity contribution in [3.63, 3.8) is 0 Å². The second-order valence-electron chi connectivity index (χ2n) is 6.36. The molecule has 4 rings (SSSR count). The lowest BCUT2D eigenvalue weighted by molar-refractivity contribution is 0.171. The number of halogens is 2. The Balaban J connectivity index is 1.35. The SMILES string of the molecule is O=C(Nc1ccc2c(c1)OCCO2)N1CCN(c2ccc(F)c(Cl)c2)CC1. The van der Waals surface area contributed by atoms with Gasteiger partial charge in [-0.15, -0.1) is 0 Å². The quantitative estimate of drug-likeness (QED) is 0.849. The summed E-state index contributed by atoms with van der Waals surface area (Å²) in [7, 11) is 0. The van der Waals surface area contributed by atoms with Gasteiger partial charge in [-0.1, -0.05) is 11.6 Å². The number of ether oxygens (including phenoxy) is 2. The number of benzene rings is 2. The van der Waals surface area contributed by atoms with Crippen molar-refractivity contribution >= 4 is 29.0 Å². The Morgan fingerprint density at radius 2 is 1.74 bits per heavy atom. The van der Waals surface area contributed by atoms with E-state index in [1.165, 1.54) is 6.07 Å². The van der Waals surface area contributed by atoms with Gasteiger partial charge >= 0.3 is 6.03 Å². The van der Waals surface area contributed by atoms with E-state index >= 15 is 0 Å². The van der Waals surface area contributed by atoms with Gasteiger partial charge in [-0.05, 0) is 30.3 Å². The number of hydrogen-bond acceptors (Lipinski definition) is 4. The first-order chi connectivity index (χ1) is 13.1. The molecule has 2 aromatic rings. The summed E-state index contributed by atoms with van der Waals surface area (Å²) in [5.74, 6) is 0.890. The van der Waals surface area contributed by atoms with Crippen LogP contribution in [0.25, 0.3) is 0 Å². The molecule has 2 heterocycles. The van der Waals surface area contributed by atoms with Crippen molar-refractivity contribution in [3.8, 4) is 11.5 Å². The van der Waals surface area contributed by atoms with Gasteiger partial charge in [-0.25, -0.2) is 9.18 Å². The minimum absolute atomic E-state index is 0.103. The minimum atomic E-state index is -0.433. The van der Waals surface area contributed by atoms with Crippen LogP contribution in [0.15, 0.2) is 36.4 Å². The highest BCUT2D eigenvalue weighted by Crippen LogP contribution is 2.32. The number of nitrogens with zero attached hydrogens (tertiary/aromatic N) is 2. The van der Waals surface area contributed by atoms with E-state index in [-0.39, 0.29) is 11.1 Å². The van der Waals surface area contributed by atoms with E-state index in [1.54, 1.807) is 35.2 Å². The molecule has 2 aromatic carbocycles. The molecule has 0 bridgehead atoms. The molecule has 142 valence electrons. The summed E-state index contributed by atoms with van der Waals surface area (Å²) in [6.07, 6.45) is 0. The summed E-state index contributed by atoms with van der Waals surface area (Å²) in [5.41, 5.74) is 1.52. The topological polar surface area (TPSA) is 54.0 Å². The maximum atomic E-state index is 13.3. The lowest BCUT2D eigenvalue weighted by Gasteiger charge is -2.36. The fourth-order valence-corrected chi connectivity index (χ4v) is 3.35. The third-order valence-electron chi connectivity index (χ3n) is 4.63. The van der Waals surface area contributed by atoms with Crippen LogP contribution in [0.2, 0.25) is 5.02 Å². The molecule has 2 aliphatic heterocycles. The molecule has 1 N–H and O–H groups in total. The van der Waals surface area contributed by atoms with Crippen LogP contribution in [0, 0.1) is 5.82 Å². The van der Waals surface area contributed by atoms with E-state index in [9.17, 15) is 9.18 Å². The number of hydrogen-bond donors (Lipinski definition) is 1. The van der Waals surface area contributed by atoms with Crippen LogP contribution >= 0.6 is 11.6 Å². The van der Waals surface area contributed by atoms with Crippen molar-refractivity contribution in [2.45, 2.75) is 0 Å². The van der Waals surface area contributed by atoms with Crippen molar-refractivity contribution < 1.29 is 18.7 Å². The molecule has 0 saturated carbocycles. The second-order valence-corrected chi connectivity index (χ2v) is 6.77. The Bertz CT molecular complexity index is 856. The van der Waals surface area contributed by atoms with Gasteiger partial charge in [-0.3, -0.25) is 0 Å². The Kier molecular flexibility index (Phi) is 4.94. The third kappa shape index (κ3) is 3.88. The van der Waals surface area contributed by atoms with Gasteiger partial charge in [0.15, 0.2) is 11.5 Å². The van der Waals surface area contributed by atoms with Crippen molar-refractivity contribution in [2.75, 3.05) is 49.6 Å².